The molecule has 0 bridgehead atoms. The molecule has 1 fully saturated rings. The Bertz CT molecular complexity index is 610. The monoisotopic (exact) mass is 384 g/mol. The van der Waals surface area contributed by atoms with Gasteiger partial charge in [-0.15, -0.1) is 0 Å². The maximum atomic E-state index is 13.5. The van der Waals surface area contributed by atoms with E-state index in [-0.39, 0.29) is 11.9 Å². The Morgan fingerprint density at radius 2 is 2.39 bits per heavy atom. The molecule has 2 atom stereocenters. The lowest BCUT2D eigenvalue weighted by molar-refractivity contribution is 0.273. The third kappa shape index (κ3) is 3.61. The van der Waals surface area contributed by atoms with E-state index in [9.17, 15) is 4.39 Å². The van der Waals surface area contributed by atoms with Crippen molar-refractivity contribution in [1.82, 2.24) is 10.2 Å². The molecule has 2 unspecified atom stereocenters. The number of guanidine groups is 1. The minimum Gasteiger partial charge on any atom is -0.491 e. The van der Waals surface area contributed by atoms with Gasteiger partial charge in [-0.3, -0.25) is 9.89 Å². The SMILES string of the molecule is CCN1CCCC1CN=C(N)NC1COc2cc(F)c(Br)cc21. The number of likely N-dealkylation sites (tertiary alicyclic amines) is 1. The van der Waals surface area contributed by atoms with Crippen molar-refractivity contribution in [2.45, 2.75) is 31.8 Å². The summed E-state index contributed by atoms with van der Waals surface area (Å²) in [6.45, 7) is 5.50. The summed E-state index contributed by atoms with van der Waals surface area (Å²) in [5.41, 5.74) is 6.92. The van der Waals surface area contributed by atoms with Crippen LogP contribution in [0.3, 0.4) is 0 Å². The summed E-state index contributed by atoms with van der Waals surface area (Å²) >= 11 is 3.21. The van der Waals surface area contributed by atoms with E-state index in [0.29, 0.717) is 35.4 Å². The van der Waals surface area contributed by atoms with Crippen LogP contribution in [-0.4, -0.2) is 43.1 Å². The molecule has 3 N–H and O–H groups in total. The molecule has 2 aliphatic heterocycles. The summed E-state index contributed by atoms with van der Waals surface area (Å²) < 4.78 is 19.5. The number of hydrogen-bond acceptors (Lipinski definition) is 3. The predicted molar refractivity (Wildman–Crippen MR) is 92.2 cm³/mol. The summed E-state index contributed by atoms with van der Waals surface area (Å²) in [6.07, 6.45) is 2.40. The molecule has 0 saturated carbocycles. The normalized spacial score (nSPS) is 24.6. The van der Waals surface area contributed by atoms with Gasteiger partial charge in [0.05, 0.1) is 17.1 Å². The van der Waals surface area contributed by atoms with Crippen molar-refractivity contribution in [2.75, 3.05) is 26.2 Å². The van der Waals surface area contributed by atoms with Crippen LogP contribution >= 0.6 is 15.9 Å². The number of aliphatic imine (C=N–C) groups is 1. The number of nitrogens with two attached hydrogens (primary N) is 1. The fraction of sp³-hybridized carbons (Fsp3) is 0.562. The molecule has 126 valence electrons. The topological polar surface area (TPSA) is 62.9 Å². The molecule has 7 heteroatoms. The molecule has 23 heavy (non-hydrogen) atoms. The zero-order chi connectivity index (χ0) is 16.4. The number of nitrogens with one attached hydrogen (secondary N) is 1. The number of rotatable bonds is 4. The maximum Gasteiger partial charge on any atom is 0.189 e. The lowest BCUT2D eigenvalue weighted by atomic mass is 10.1. The van der Waals surface area contributed by atoms with Gasteiger partial charge in [-0.05, 0) is 47.9 Å². The van der Waals surface area contributed by atoms with Crippen molar-refractivity contribution in [3.05, 3.63) is 28.0 Å². The zero-order valence-corrected chi connectivity index (χ0v) is 14.8. The zero-order valence-electron chi connectivity index (χ0n) is 13.2. The number of nitrogens with zero attached hydrogens (tertiary/aromatic N) is 2. The summed E-state index contributed by atoms with van der Waals surface area (Å²) in [4.78, 5) is 6.92. The third-order valence-corrected chi connectivity index (χ3v) is 5.14. The molecule has 0 spiro atoms. The van der Waals surface area contributed by atoms with Crippen molar-refractivity contribution in [2.24, 2.45) is 10.7 Å². The van der Waals surface area contributed by atoms with Gasteiger partial charge in [0.1, 0.15) is 18.2 Å². The van der Waals surface area contributed by atoms with Crippen LogP contribution in [0.5, 0.6) is 5.75 Å². The molecule has 0 amide bonds. The summed E-state index contributed by atoms with van der Waals surface area (Å²) in [6, 6.07) is 3.51. The molecule has 1 aromatic carbocycles. The van der Waals surface area contributed by atoms with Gasteiger partial charge in [-0.2, -0.15) is 0 Å². The largest absolute Gasteiger partial charge is 0.491 e. The van der Waals surface area contributed by atoms with Crippen LogP contribution in [0.15, 0.2) is 21.6 Å². The van der Waals surface area contributed by atoms with E-state index in [1.54, 1.807) is 6.07 Å². The van der Waals surface area contributed by atoms with Gasteiger partial charge in [0.25, 0.3) is 0 Å². The van der Waals surface area contributed by atoms with E-state index in [1.807, 2.05) is 0 Å². The number of hydrogen-bond donors (Lipinski definition) is 2. The van der Waals surface area contributed by atoms with E-state index in [0.717, 1.165) is 18.7 Å². The smallest absolute Gasteiger partial charge is 0.189 e. The molecule has 0 radical (unpaired) electrons. The maximum absolute atomic E-state index is 13.5. The Kier molecular flexibility index (Phi) is 5.06. The van der Waals surface area contributed by atoms with Crippen molar-refractivity contribution in [3.63, 3.8) is 0 Å². The molecule has 5 nitrogen and oxygen atoms in total. The molecule has 1 saturated heterocycles. The standard InChI is InChI=1S/C16H22BrFN4O/c1-2-22-5-3-4-10(22)8-20-16(19)21-14-9-23-15-7-13(18)12(17)6-11(14)15/h6-7,10,14H,2-5,8-9H2,1H3,(H3,19,20,21). The highest BCUT2D eigenvalue weighted by molar-refractivity contribution is 9.10. The molecule has 0 aliphatic carbocycles. The third-order valence-electron chi connectivity index (χ3n) is 4.53. The van der Waals surface area contributed by atoms with Gasteiger partial charge >= 0.3 is 0 Å². The lowest BCUT2D eigenvalue weighted by Crippen LogP contribution is -2.38. The first kappa shape index (κ1) is 16.5. The van der Waals surface area contributed by atoms with Crippen LogP contribution in [0.2, 0.25) is 0 Å². The van der Waals surface area contributed by atoms with E-state index in [1.165, 1.54) is 18.9 Å². The van der Waals surface area contributed by atoms with Crippen LogP contribution in [0.25, 0.3) is 0 Å². The molecular formula is C16H22BrFN4O. The van der Waals surface area contributed by atoms with Gasteiger partial charge in [-0.1, -0.05) is 6.92 Å². The van der Waals surface area contributed by atoms with Gasteiger partial charge in [-0.25, -0.2) is 4.39 Å². The Labute approximate surface area is 144 Å². The molecule has 1 aromatic rings. The molecule has 3 rings (SSSR count). The summed E-state index contributed by atoms with van der Waals surface area (Å²) in [5.74, 6) is 0.644. The van der Waals surface area contributed by atoms with Crippen molar-refractivity contribution >= 4 is 21.9 Å². The van der Waals surface area contributed by atoms with Crippen molar-refractivity contribution in [3.8, 4) is 5.75 Å². The fourth-order valence-corrected chi connectivity index (χ4v) is 3.63. The fourth-order valence-electron chi connectivity index (χ4n) is 3.27. The van der Waals surface area contributed by atoms with E-state index in [4.69, 9.17) is 10.5 Å². The average Bonchev–Trinajstić information content (AvgIpc) is 3.13. The Hall–Kier alpha value is -1.34. The van der Waals surface area contributed by atoms with Gasteiger partial charge in [0, 0.05) is 17.7 Å². The summed E-state index contributed by atoms with van der Waals surface area (Å²) in [7, 11) is 0. The molecule has 0 aromatic heterocycles. The van der Waals surface area contributed by atoms with Crippen LogP contribution in [0.1, 0.15) is 31.4 Å². The first-order chi connectivity index (χ1) is 11.1. The quantitative estimate of drug-likeness (QED) is 0.617. The number of halogens is 2. The summed E-state index contributed by atoms with van der Waals surface area (Å²) in [5, 5.41) is 3.18. The Balaban J connectivity index is 1.62. The second-order valence-electron chi connectivity index (χ2n) is 5.96. The molecule has 2 aliphatic rings. The van der Waals surface area contributed by atoms with Gasteiger partial charge in [0.15, 0.2) is 5.96 Å². The first-order valence-electron chi connectivity index (χ1n) is 8.00. The first-order valence-corrected chi connectivity index (χ1v) is 8.80. The highest BCUT2D eigenvalue weighted by atomic mass is 79.9. The van der Waals surface area contributed by atoms with Crippen LogP contribution < -0.4 is 15.8 Å². The molecular weight excluding hydrogens is 363 g/mol. The minimum absolute atomic E-state index is 0.100. The highest BCUT2D eigenvalue weighted by Gasteiger charge is 2.27. The lowest BCUT2D eigenvalue weighted by Gasteiger charge is -2.21. The number of ether oxygens (including phenoxy) is 1. The average molecular weight is 385 g/mol. The second kappa shape index (κ2) is 7.05. The second-order valence-corrected chi connectivity index (χ2v) is 6.82. The van der Waals surface area contributed by atoms with Crippen LogP contribution in [-0.2, 0) is 0 Å². The van der Waals surface area contributed by atoms with Gasteiger partial charge < -0.3 is 15.8 Å². The Morgan fingerprint density at radius 1 is 1.57 bits per heavy atom. The molecule has 2 heterocycles. The number of likely N-dealkylation sites (N-methyl/N-ethyl adjacent to an activating group) is 1. The predicted octanol–water partition coefficient (Wildman–Crippen LogP) is 2.41. The van der Waals surface area contributed by atoms with Crippen LogP contribution in [0, 0.1) is 5.82 Å². The highest BCUT2D eigenvalue weighted by Crippen LogP contribution is 2.35. The Morgan fingerprint density at radius 3 is 3.17 bits per heavy atom. The number of fused-ring (bicyclic) bond motifs is 1. The van der Waals surface area contributed by atoms with Crippen molar-refractivity contribution < 1.29 is 9.13 Å². The minimum atomic E-state index is -0.327. The van der Waals surface area contributed by atoms with E-state index >= 15 is 0 Å². The van der Waals surface area contributed by atoms with E-state index < -0.39 is 0 Å². The van der Waals surface area contributed by atoms with Gasteiger partial charge in [0.2, 0.25) is 0 Å². The van der Waals surface area contributed by atoms with Crippen molar-refractivity contribution in [1.29, 1.82) is 0 Å². The van der Waals surface area contributed by atoms with E-state index in [2.05, 4.69) is 38.1 Å². The van der Waals surface area contributed by atoms with Crippen LogP contribution in [0.4, 0.5) is 4.39 Å². The number of benzene rings is 1.